The van der Waals surface area contributed by atoms with Gasteiger partial charge in [-0.3, -0.25) is 9.10 Å². The summed E-state index contributed by atoms with van der Waals surface area (Å²) in [5.74, 6) is -1.78. The van der Waals surface area contributed by atoms with E-state index in [4.69, 9.17) is 5.11 Å². The van der Waals surface area contributed by atoms with E-state index in [0.29, 0.717) is 11.3 Å². The average Bonchev–Trinajstić information content (AvgIpc) is 2.60. The molecule has 0 bridgehead atoms. The number of carbonyl (C=O) groups is 2. The number of nitrogens with zero attached hydrogens (tertiary/aromatic N) is 2. The lowest BCUT2D eigenvalue weighted by Crippen LogP contribution is -2.39. The Morgan fingerprint density at radius 2 is 1.81 bits per heavy atom. The molecule has 0 aliphatic rings. The number of benzene rings is 2. The molecule has 0 fully saturated rings. The van der Waals surface area contributed by atoms with Crippen molar-refractivity contribution in [1.82, 2.24) is 5.43 Å². The standard InChI is InChI=1S/C17H16IN3O5S/c1-27(25,26)21(14-8-6-13(18)7-9-14)11-16(22)20-19-10-12-4-2-3-5-15(12)17(23)24/h2-10H,11H2,1H3,(H,20,22)(H,23,24)/b19-10-. The van der Waals surface area contributed by atoms with E-state index < -0.39 is 28.4 Å². The molecule has 0 aliphatic heterocycles. The Hall–Kier alpha value is -2.47. The highest BCUT2D eigenvalue weighted by atomic mass is 127. The highest BCUT2D eigenvalue weighted by Crippen LogP contribution is 2.18. The molecule has 0 saturated carbocycles. The van der Waals surface area contributed by atoms with E-state index in [1.165, 1.54) is 18.3 Å². The molecule has 2 aromatic rings. The minimum atomic E-state index is -3.68. The van der Waals surface area contributed by atoms with Crippen LogP contribution in [0, 0.1) is 3.57 Å². The van der Waals surface area contributed by atoms with Crippen molar-refractivity contribution in [2.24, 2.45) is 5.10 Å². The first-order valence-corrected chi connectivity index (χ1v) is 10.5. The lowest BCUT2D eigenvalue weighted by Gasteiger charge is -2.21. The number of amides is 1. The first-order chi connectivity index (χ1) is 12.7. The smallest absolute Gasteiger partial charge is 0.336 e. The molecule has 0 spiro atoms. The van der Waals surface area contributed by atoms with Gasteiger partial charge in [0.1, 0.15) is 6.54 Å². The van der Waals surface area contributed by atoms with Crippen molar-refractivity contribution in [2.45, 2.75) is 0 Å². The van der Waals surface area contributed by atoms with Crippen molar-refractivity contribution in [3.05, 3.63) is 63.2 Å². The van der Waals surface area contributed by atoms with Crippen LogP contribution in [0.25, 0.3) is 0 Å². The second-order valence-electron chi connectivity index (χ2n) is 5.43. The van der Waals surface area contributed by atoms with Crippen molar-refractivity contribution < 1.29 is 23.1 Å². The molecule has 2 rings (SSSR count). The van der Waals surface area contributed by atoms with Gasteiger partial charge in [0.25, 0.3) is 5.91 Å². The summed E-state index contributed by atoms with van der Waals surface area (Å²) < 4.78 is 25.9. The third-order valence-corrected chi connectivity index (χ3v) is 5.25. The zero-order valence-electron chi connectivity index (χ0n) is 14.2. The third-order valence-electron chi connectivity index (χ3n) is 3.39. The summed E-state index contributed by atoms with van der Waals surface area (Å²) in [4.78, 5) is 23.2. The zero-order chi connectivity index (χ0) is 20.0. The number of hydrogen-bond acceptors (Lipinski definition) is 5. The van der Waals surface area contributed by atoms with Crippen LogP contribution in [0.4, 0.5) is 5.69 Å². The molecule has 27 heavy (non-hydrogen) atoms. The molecule has 2 aromatic carbocycles. The lowest BCUT2D eigenvalue weighted by atomic mass is 10.1. The largest absolute Gasteiger partial charge is 0.478 e. The van der Waals surface area contributed by atoms with E-state index in [9.17, 15) is 18.0 Å². The van der Waals surface area contributed by atoms with Crippen LogP contribution < -0.4 is 9.73 Å². The number of hydrogen-bond donors (Lipinski definition) is 2. The highest BCUT2D eigenvalue weighted by molar-refractivity contribution is 14.1. The van der Waals surface area contributed by atoms with Crippen molar-refractivity contribution in [1.29, 1.82) is 0 Å². The van der Waals surface area contributed by atoms with Gasteiger partial charge in [-0.25, -0.2) is 18.6 Å². The number of rotatable bonds is 7. The van der Waals surface area contributed by atoms with Crippen LogP contribution in [0.5, 0.6) is 0 Å². The van der Waals surface area contributed by atoms with Gasteiger partial charge in [0.15, 0.2) is 0 Å². The topological polar surface area (TPSA) is 116 Å². The Labute approximate surface area is 170 Å². The Morgan fingerprint density at radius 1 is 1.19 bits per heavy atom. The number of carbonyl (C=O) groups excluding carboxylic acids is 1. The van der Waals surface area contributed by atoms with E-state index in [-0.39, 0.29) is 5.56 Å². The van der Waals surface area contributed by atoms with E-state index >= 15 is 0 Å². The quantitative estimate of drug-likeness (QED) is 0.342. The second-order valence-corrected chi connectivity index (χ2v) is 8.58. The van der Waals surface area contributed by atoms with Crippen LogP contribution in [-0.2, 0) is 14.8 Å². The van der Waals surface area contributed by atoms with E-state index in [1.807, 2.05) is 0 Å². The van der Waals surface area contributed by atoms with Gasteiger partial charge < -0.3 is 5.11 Å². The van der Waals surface area contributed by atoms with Crippen molar-refractivity contribution in [3.8, 4) is 0 Å². The fourth-order valence-electron chi connectivity index (χ4n) is 2.15. The number of nitrogens with one attached hydrogen (secondary N) is 1. The van der Waals surface area contributed by atoms with Crippen LogP contribution in [0.1, 0.15) is 15.9 Å². The number of carboxylic acid groups (broad SMARTS) is 1. The monoisotopic (exact) mass is 501 g/mol. The summed E-state index contributed by atoms with van der Waals surface area (Å²) in [6.07, 6.45) is 2.20. The molecule has 142 valence electrons. The van der Waals surface area contributed by atoms with Crippen LogP contribution in [0.3, 0.4) is 0 Å². The van der Waals surface area contributed by atoms with Crippen molar-refractivity contribution in [3.63, 3.8) is 0 Å². The molecule has 0 aromatic heterocycles. The maximum Gasteiger partial charge on any atom is 0.336 e. The van der Waals surface area contributed by atoms with Crippen LogP contribution >= 0.6 is 22.6 Å². The number of hydrazone groups is 1. The maximum absolute atomic E-state index is 12.1. The van der Waals surface area contributed by atoms with Crippen molar-refractivity contribution in [2.75, 3.05) is 17.1 Å². The summed E-state index contributed by atoms with van der Waals surface area (Å²) in [5, 5.41) is 12.8. The molecule has 1 amide bonds. The average molecular weight is 501 g/mol. The lowest BCUT2D eigenvalue weighted by molar-refractivity contribution is -0.119. The fourth-order valence-corrected chi connectivity index (χ4v) is 3.37. The summed E-state index contributed by atoms with van der Waals surface area (Å²) in [6.45, 7) is -0.461. The van der Waals surface area contributed by atoms with Crippen molar-refractivity contribution >= 4 is 56.4 Å². The molecule has 10 heteroatoms. The molecule has 0 atom stereocenters. The molecule has 2 N–H and O–H groups in total. The van der Waals surface area contributed by atoms with Gasteiger partial charge in [0.05, 0.1) is 23.7 Å². The van der Waals surface area contributed by atoms with E-state index in [0.717, 1.165) is 14.1 Å². The number of sulfonamides is 1. The zero-order valence-corrected chi connectivity index (χ0v) is 17.1. The van der Waals surface area contributed by atoms with Gasteiger partial charge in [0.2, 0.25) is 10.0 Å². The van der Waals surface area contributed by atoms with Gasteiger partial charge in [-0.05, 0) is 52.9 Å². The van der Waals surface area contributed by atoms with E-state index in [2.05, 4.69) is 33.1 Å². The molecule has 0 unspecified atom stereocenters. The molecular formula is C17H16IN3O5S. The maximum atomic E-state index is 12.1. The first kappa shape index (κ1) is 20.8. The Balaban J connectivity index is 2.11. The molecule has 0 radical (unpaired) electrons. The summed E-state index contributed by atoms with van der Waals surface area (Å²) >= 11 is 2.09. The van der Waals surface area contributed by atoms with Gasteiger partial charge in [0, 0.05) is 9.13 Å². The minimum absolute atomic E-state index is 0.0344. The van der Waals surface area contributed by atoms with Crippen LogP contribution in [0.2, 0.25) is 0 Å². The third kappa shape index (κ3) is 6.03. The summed E-state index contributed by atoms with van der Waals surface area (Å²) in [6, 6.07) is 12.8. The van der Waals surface area contributed by atoms with Gasteiger partial charge in [-0.1, -0.05) is 18.2 Å². The van der Waals surface area contributed by atoms with Crippen LogP contribution in [0.15, 0.2) is 53.6 Å². The fraction of sp³-hybridized carbons (Fsp3) is 0.118. The van der Waals surface area contributed by atoms with Gasteiger partial charge in [-0.2, -0.15) is 5.10 Å². The Kier molecular flexibility index (Phi) is 6.91. The van der Waals surface area contributed by atoms with Gasteiger partial charge in [-0.15, -0.1) is 0 Å². The normalized spacial score (nSPS) is 11.3. The second kappa shape index (κ2) is 8.95. The molecule has 0 heterocycles. The van der Waals surface area contributed by atoms with Crippen LogP contribution in [-0.4, -0.2) is 44.4 Å². The molecule has 8 nitrogen and oxygen atoms in total. The predicted octanol–water partition coefficient (Wildman–Crippen LogP) is 1.91. The van der Waals surface area contributed by atoms with E-state index in [1.54, 1.807) is 36.4 Å². The molecule has 0 saturated heterocycles. The summed E-state index contributed by atoms with van der Waals surface area (Å²) in [7, 11) is -3.68. The Morgan fingerprint density at radius 3 is 2.41 bits per heavy atom. The van der Waals surface area contributed by atoms with Gasteiger partial charge >= 0.3 is 5.97 Å². The first-order valence-electron chi connectivity index (χ1n) is 7.56. The molecular weight excluding hydrogens is 485 g/mol. The predicted molar refractivity (Wildman–Crippen MR) is 110 cm³/mol. The number of carboxylic acids is 1. The number of aromatic carboxylic acids is 1. The Bertz CT molecular complexity index is 974. The highest BCUT2D eigenvalue weighted by Gasteiger charge is 2.20. The minimum Gasteiger partial charge on any atom is -0.478 e. The number of anilines is 1. The number of halogens is 1. The molecule has 0 aliphatic carbocycles. The summed E-state index contributed by atoms with van der Waals surface area (Å²) in [5.41, 5.74) is 2.91. The SMILES string of the molecule is CS(=O)(=O)N(CC(=O)N/N=C\c1ccccc1C(=O)O)c1ccc(I)cc1.